The number of anilines is 1. The Kier molecular flexibility index (Phi) is 4.72. The highest BCUT2D eigenvalue weighted by atomic mass is 19.1. The van der Waals surface area contributed by atoms with Gasteiger partial charge in [-0.25, -0.2) is 4.98 Å². The number of carbonyl (C=O) groups excluding carboxylic acids is 3. The van der Waals surface area contributed by atoms with Crippen molar-refractivity contribution in [2.75, 3.05) is 5.32 Å². The minimum absolute atomic E-state index is 0.219. The highest BCUT2D eigenvalue weighted by Gasteiger charge is 2.58. The lowest BCUT2D eigenvalue weighted by Crippen LogP contribution is -2.51. The van der Waals surface area contributed by atoms with Gasteiger partial charge in [-0.3, -0.25) is 14.4 Å². The Bertz CT molecular complexity index is 1120. The van der Waals surface area contributed by atoms with E-state index in [4.69, 9.17) is 0 Å². The van der Waals surface area contributed by atoms with Crippen LogP contribution in [0.2, 0.25) is 0 Å². The predicted octanol–water partition coefficient (Wildman–Crippen LogP) is 3.31. The van der Waals surface area contributed by atoms with Crippen molar-refractivity contribution in [2.24, 2.45) is 24.8 Å². The molecule has 4 saturated carbocycles. The Morgan fingerprint density at radius 2 is 1.81 bits per heavy atom. The second-order valence-electron chi connectivity index (χ2n) is 9.80. The first-order valence-corrected chi connectivity index (χ1v) is 11.1. The van der Waals surface area contributed by atoms with Crippen molar-refractivity contribution in [3.8, 4) is 0 Å². The van der Waals surface area contributed by atoms with Gasteiger partial charge in [-0.05, 0) is 81.4 Å². The molecule has 4 atom stereocenters. The molecular formula is C24H27FN4O3. The summed E-state index contributed by atoms with van der Waals surface area (Å²) >= 11 is 0. The van der Waals surface area contributed by atoms with Gasteiger partial charge in [0, 0.05) is 18.3 Å². The summed E-state index contributed by atoms with van der Waals surface area (Å²) in [6.07, 6.45) is 6.71. The van der Waals surface area contributed by atoms with Crippen molar-refractivity contribution in [1.29, 1.82) is 0 Å². The van der Waals surface area contributed by atoms with Gasteiger partial charge in [0.15, 0.2) is 0 Å². The summed E-state index contributed by atoms with van der Waals surface area (Å²) in [6, 6.07) is 2.57. The third kappa shape index (κ3) is 3.15. The van der Waals surface area contributed by atoms with Gasteiger partial charge in [0.1, 0.15) is 0 Å². The van der Waals surface area contributed by atoms with Crippen LogP contribution in [0.1, 0.15) is 64.2 Å². The average molecular weight is 439 g/mol. The molecule has 0 saturated heterocycles. The third-order valence-electron chi connectivity index (χ3n) is 7.92. The fraction of sp³-hybridized carbons (Fsp3) is 0.500. The van der Waals surface area contributed by atoms with Crippen molar-refractivity contribution in [2.45, 2.75) is 51.5 Å². The molecule has 2 aromatic heterocycles. The number of nitrogens with one attached hydrogen (secondary N) is 2. The lowest BCUT2D eigenvalue weighted by Gasteiger charge is -2.33. The van der Waals surface area contributed by atoms with E-state index < -0.39 is 23.5 Å². The van der Waals surface area contributed by atoms with Crippen LogP contribution < -0.4 is 10.6 Å². The molecule has 4 fully saturated rings. The highest BCUT2D eigenvalue weighted by Crippen LogP contribution is 2.60. The van der Waals surface area contributed by atoms with Crippen LogP contribution in [0.5, 0.6) is 0 Å². The Balaban J connectivity index is 1.38. The molecule has 2 amide bonds. The number of aromatic nitrogens is 2. The van der Waals surface area contributed by atoms with Crippen LogP contribution in [-0.2, 0) is 11.8 Å². The highest BCUT2D eigenvalue weighted by molar-refractivity contribution is 6.43. The normalized spacial score (nSPS) is 27.6. The molecule has 0 aliphatic heterocycles. The number of Topliss-reactive ketones (excluding diaryl/α,β-unsaturated/α-hetero) is 1. The predicted molar refractivity (Wildman–Crippen MR) is 116 cm³/mol. The van der Waals surface area contributed by atoms with E-state index >= 15 is 0 Å². The van der Waals surface area contributed by atoms with Gasteiger partial charge < -0.3 is 15.2 Å². The maximum atomic E-state index is 13.2. The topological polar surface area (TPSA) is 93.1 Å². The molecule has 168 valence electrons. The van der Waals surface area contributed by atoms with Crippen molar-refractivity contribution in [3.05, 3.63) is 46.8 Å². The van der Waals surface area contributed by atoms with Crippen LogP contribution in [0.15, 0.2) is 18.3 Å². The number of hydrogen-bond donors (Lipinski definition) is 2. The fourth-order valence-electron chi connectivity index (χ4n) is 6.67. The van der Waals surface area contributed by atoms with Gasteiger partial charge in [0.05, 0.1) is 23.1 Å². The largest absolute Gasteiger partial charge is 0.344 e. The smallest absolute Gasteiger partial charge is 0.294 e. The Hall–Kier alpha value is -3.03. The molecule has 0 aromatic carbocycles. The molecule has 8 heteroatoms. The van der Waals surface area contributed by atoms with E-state index in [2.05, 4.69) is 15.6 Å². The van der Waals surface area contributed by atoms with Crippen LogP contribution in [-0.4, -0.2) is 32.7 Å². The van der Waals surface area contributed by atoms with E-state index in [1.54, 1.807) is 25.5 Å². The average Bonchev–Trinajstić information content (AvgIpc) is 3.22. The number of amides is 2. The number of nitrogens with zero attached hydrogens (tertiary/aromatic N) is 2. The summed E-state index contributed by atoms with van der Waals surface area (Å²) < 4.78 is 14.6. The summed E-state index contributed by atoms with van der Waals surface area (Å²) in [5, 5.41) is 5.80. The quantitative estimate of drug-likeness (QED) is 0.426. The van der Waals surface area contributed by atoms with Gasteiger partial charge in [-0.2, -0.15) is 4.39 Å². The summed E-state index contributed by atoms with van der Waals surface area (Å²) in [5.41, 5.74) is 1.68. The van der Waals surface area contributed by atoms with Crippen LogP contribution in [0.3, 0.4) is 0 Å². The molecule has 32 heavy (non-hydrogen) atoms. The third-order valence-corrected chi connectivity index (χ3v) is 7.92. The second-order valence-corrected chi connectivity index (χ2v) is 9.80. The Morgan fingerprint density at radius 3 is 2.44 bits per heavy atom. The molecular weight excluding hydrogens is 411 g/mol. The number of ketones is 1. The summed E-state index contributed by atoms with van der Waals surface area (Å²) in [5.74, 6) is -0.472. The van der Waals surface area contributed by atoms with E-state index in [0.29, 0.717) is 40.3 Å². The molecule has 0 spiro atoms. The van der Waals surface area contributed by atoms with Crippen molar-refractivity contribution >= 4 is 23.3 Å². The van der Waals surface area contributed by atoms with Gasteiger partial charge in [-0.15, -0.1) is 0 Å². The number of carbonyl (C=O) groups is 3. The van der Waals surface area contributed by atoms with Gasteiger partial charge >= 0.3 is 0 Å². The lowest BCUT2D eigenvalue weighted by atomic mass is 9.80. The van der Waals surface area contributed by atoms with Crippen LogP contribution in [0.25, 0.3) is 0 Å². The molecule has 7 nitrogen and oxygen atoms in total. The number of halogens is 1. The molecule has 4 aliphatic carbocycles. The molecule has 0 radical (unpaired) electrons. The SMILES string of the molecule is Cc1c(C(=O)Nc2ccc(F)nc2)c(C)n(C)c1C(=O)C(=O)N[C@]12C[C@@H]3C[C@@H](C[C@H]1C3)C2. The zero-order chi connectivity index (χ0) is 22.8. The maximum Gasteiger partial charge on any atom is 0.294 e. The molecule has 2 N–H and O–H groups in total. The maximum absolute atomic E-state index is 13.2. The number of pyridine rings is 1. The first kappa shape index (κ1) is 20.8. The zero-order valence-corrected chi connectivity index (χ0v) is 18.5. The Morgan fingerprint density at radius 1 is 1.12 bits per heavy atom. The van der Waals surface area contributed by atoms with E-state index in [1.807, 2.05) is 0 Å². The minimum atomic E-state index is -0.641. The van der Waals surface area contributed by atoms with E-state index in [-0.39, 0.29) is 11.2 Å². The fourth-order valence-corrected chi connectivity index (χ4v) is 6.67. The van der Waals surface area contributed by atoms with E-state index in [0.717, 1.165) is 31.7 Å². The van der Waals surface area contributed by atoms with E-state index in [9.17, 15) is 18.8 Å². The van der Waals surface area contributed by atoms with Crippen molar-refractivity contribution < 1.29 is 18.8 Å². The molecule has 6 rings (SSSR count). The van der Waals surface area contributed by atoms with Gasteiger partial charge in [-0.1, -0.05) is 0 Å². The number of rotatable bonds is 5. The van der Waals surface area contributed by atoms with Gasteiger partial charge in [0.25, 0.3) is 17.6 Å². The van der Waals surface area contributed by atoms with Gasteiger partial charge in [0.2, 0.25) is 5.95 Å². The zero-order valence-electron chi connectivity index (χ0n) is 18.5. The molecule has 4 aliphatic rings. The van der Waals surface area contributed by atoms with E-state index in [1.165, 1.54) is 18.7 Å². The van der Waals surface area contributed by atoms with Crippen molar-refractivity contribution in [1.82, 2.24) is 14.9 Å². The lowest BCUT2D eigenvalue weighted by molar-refractivity contribution is -0.119. The molecule has 2 aromatic rings. The Labute approximate surface area is 185 Å². The summed E-state index contributed by atoms with van der Waals surface area (Å²) in [6.45, 7) is 3.41. The van der Waals surface area contributed by atoms with Crippen LogP contribution in [0.4, 0.5) is 10.1 Å². The monoisotopic (exact) mass is 438 g/mol. The molecule has 2 heterocycles. The number of hydrogen-bond acceptors (Lipinski definition) is 4. The standard InChI is InChI=1S/C24H27FN4O3/c1-12-19(22(31)27-17-4-5-18(25)26-11-17)13(2)29(3)20(12)21(30)23(32)28-24-9-14-6-15(10-24)8-16(24)7-14/h4-5,11,14-16H,6-10H2,1-3H3,(H,27,31)(H,28,32)/t14-,15+,16-,24+. The molecule has 0 unspecified atom stereocenters. The van der Waals surface area contributed by atoms with Crippen LogP contribution >= 0.6 is 0 Å². The summed E-state index contributed by atoms with van der Waals surface area (Å²) in [7, 11) is 1.68. The van der Waals surface area contributed by atoms with Crippen LogP contribution in [0, 0.1) is 37.5 Å². The molecule has 4 bridgehead atoms. The summed E-state index contributed by atoms with van der Waals surface area (Å²) in [4.78, 5) is 42.7. The van der Waals surface area contributed by atoms with Crippen molar-refractivity contribution in [3.63, 3.8) is 0 Å². The first-order chi connectivity index (χ1) is 15.2. The second kappa shape index (κ2) is 7.25. The first-order valence-electron chi connectivity index (χ1n) is 11.1. The minimum Gasteiger partial charge on any atom is -0.344 e.